The van der Waals surface area contributed by atoms with Crippen LogP contribution in [0.4, 0.5) is 0 Å². The van der Waals surface area contributed by atoms with Crippen molar-refractivity contribution in [3.63, 3.8) is 0 Å². The van der Waals surface area contributed by atoms with Gasteiger partial charge in [-0.25, -0.2) is 9.98 Å². The van der Waals surface area contributed by atoms with Crippen molar-refractivity contribution in [2.75, 3.05) is 21.1 Å². The number of aliphatic imine (C=N–C) groups is 2. The molecule has 5 heteroatoms. The molecule has 13 heavy (non-hydrogen) atoms. The Morgan fingerprint density at radius 2 is 2.08 bits per heavy atom. The van der Waals surface area contributed by atoms with Crippen LogP contribution in [0.2, 0.25) is 0 Å². The van der Waals surface area contributed by atoms with Gasteiger partial charge in [-0.1, -0.05) is 6.92 Å². The number of guanidine groups is 2. The Morgan fingerprint density at radius 1 is 1.46 bits per heavy atom. The van der Waals surface area contributed by atoms with Crippen molar-refractivity contribution < 1.29 is 0 Å². The summed E-state index contributed by atoms with van der Waals surface area (Å²) in [7, 11) is 5.75. The Bertz CT molecular complexity index is 243. The zero-order valence-corrected chi connectivity index (χ0v) is 8.65. The van der Waals surface area contributed by atoms with Gasteiger partial charge in [0.15, 0.2) is 5.96 Å². The van der Waals surface area contributed by atoms with Gasteiger partial charge in [-0.2, -0.15) is 0 Å². The van der Waals surface area contributed by atoms with Crippen LogP contribution in [-0.2, 0) is 0 Å². The van der Waals surface area contributed by atoms with Crippen LogP contribution in [0.5, 0.6) is 0 Å². The van der Waals surface area contributed by atoms with E-state index in [4.69, 9.17) is 5.73 Å². The molecule has 0 fully saturated rings. The molecular formula is C8H17N5. The van der Waals surface area contributed by atoms with Gasteiger partial charge in [0.25, 0.3) is 0 Å². The van der Waals surface area contributed by atoms with Gasteiger partial charge < -0.3 is 10.6 Å². The van der Waals surface area contributed by atoms with Crippen LogP contribution in [0.3, 0.4) is 0 Å². The molecule has 0 aromatic rings. The highest BCUT2D eigenvalue weighted by Gasteiger charge is 2.19. The summed E-state index contributed by atoms with van der Waals surface area (Å²) in [6, 6.07) is 0. The van der Waals surface area contributed by atoms with Gasteiger partial charge >= 0.3 is 0 Å². The summed E-state index contributed by atoms with van der Waals surface area (Å²) in [6.07, 6.45) is 0.861. The largest absolute Gasteiger partial charge is 0.369 e. The fourth-order valence-corrected chi connectivity index (χ4v) is 1.19. The second-order valence-electron chi connectivity index (χ2n) is 3.26. The van der Waals surface area contributed by atoms with Crippen molar-refractivity contribution in [1.82, 2.24) is 9.80 Å². The summed E-state index contributed by atoms with van der Waals surface area (Å²) in [5, 5.41) is 0. The average molecular weight is 183 g/mol. The molecule has 0 aliphatic carbocycles. The SMILES string of the molecule is CCC1N=C(N)N(C)C(N(C)C)=N1. The van der Waals surface area contributed by atoms with Crippen molar-refractivity contribution in [1.29, 1.82) is 0 Å². The number of rotatable bonds is 1. The Hall–Kier alpha value is -1.26. The maximum Gasteiger partial charge on any atom is 0.204 e. The molecule has 1 aliphatic heterocycles. The molecule has 2 N–H and O–H groups in total. The van der Waals surface area contributed by atoms with Gasteiger partial charge in [0.1, 0.15) is 6.17 Å². The minimum absolute atomic E-state index is 0.0198. The molecule has 0 bridgehead atoms. The van der Waals surface area contributed by atoms with E-state index in [1.54, 1.807) is 4.90 Å². The highest BCUT2D eigenvalue weighted by Crippen LogP contribution is 2.08. The molecular weight excluding hydrogens is 166 g/mol. The molecule has 0 amide bonds. The molecule has 1 atom stereocenters. The normalized spacial score (nSPS) is 22.5. The summed E-state index contributed by atoms with van der Waals surface area (Å²) in [5.74, 6) is 1.39. The Labute approximate surface area is 78.9 Å². The summed E-state index contributed by atoms with van der Waals surface area (Å²) in [5.41, 5.74) is 5.74. The zero-order valence-electron chi connectivity index (χ0n) is 8.65. The summed E-state index contributed by atoms with van der Waals surface area (Å²) >= 11 is 0. The predicted octanol–water partition coefficient (Wildman–Crippen LogP) is -0.0998. The first-order chi connectivity index (χ1) is 6.06. The average Bonchev–Trinajstić information content (AvgIpc) is 2.09. The third-order valence-electron chi connectivity index (χ3n) is 1.95. The molecule has 1 unspecified atom stereocenters. The third-order valence-corrected chi connectivity index (χ3v) is 1.95. The lowest BCUT2D eigenvalue weighted by atomic mass is 10.4. The molecule has 0 saturated carbocycles. The quantitative estimate of drug-likeness (QED) is 0.617. The van der Waals surface area contributed by atoms with Gasteiger partial charge in [-0.3, -0.25) is 4.90 Å². The van der Waals surface area contributed by atoms with Crippen molar-refractivity contribution in [2.24, 2.45) is 15.7 Å². The number of nitrogens with zero attached hydrogens (tertiary/aromatic N) is 4. The second-order valence-corrected chi connectivity index (χ2v) is 3.26. The van der Waals surface area contributed by atoms with E-state index >= 15 is 0 Å². The van der Waals surface area contributed by atoms with E-state index in [1.807, 2.05) is 33.0 Å². The smallest absolute Gasteiger partial charge is 0.204 e. The molecule has 0 aromatic heterocycles. The molecule has 0 spiro atoms. The third kappa shape index (κ3) is 1.91. The fourth-order valence-electron chi connectivity index (χ4n) is 1.19. The lowest BCUT2D eigenvalue weighted by molar-refractivity contribution is 0.491. The first-order valence-electron chi connectivity index (χ1n) is 4.38. The van der Waals surface area contributed by atoms with Crippen LogP contribution in [0, 0.1) is 0 Å². The van der Waals surface area contributed by atoms with Crippen molar-refractivity contribution >= 4 is 11.9 Å². The Morgan fingerprint density at radius 3 is 2.54 bits per heavy atom. The van der Waals surface area contributed by atoms with E-state index < -0.39 is 0 Å². The van der Waals surface area contributed by atoms with Gasteiger partial charge in [-0.15, -0.1) is 0 Å². The zero-order chi connectivity index (χ0) is 10.0. The van der Waals surface area contributed by atoms with Crippen LogP contribution in [0.25, 0.3) is 0 Å². The van der Waals surface area contributed by atoms with E-state index in [9.17, 15) is 0 Å². The first kappa shape index (κ1) is 9.83. The summed E-state index contributed by atoms with van der Waals surface area (Å²) in [6.45, 7) is 2.05. The summed E-state index contributed by atoms with van der Waals surface area (Å²) in [4.78, 5) is 12.4. The van der Waals surface area contributed by atoms with Crippen LogP contribution in [0.15, 0.2) is 9.98 Å². The maximum absolute atomic E-state index is 5.74. The molecule has 5 nitrogen and oxygen atoms in total. The highest BCUT2D eigenvalue weighted by molar-refractivity contribution is 5.98. The van der Waals surface area contributed by atoms with Crippen LogP contribution < -0.4 is 5.73 Å². The number of hydrogen-bond acceptors (Lipinski definition) is 5. The maximum atomic E-state index is 5.74. The molecule has 74 valence electrons. The number of hydrogen-bond donors (Lipinski definition) is 1. The van der Waals surface area contributed by atoms with Gasteiger partial charge in [0.2, 0.25) is 5.96 Å². The first-order valence-corrected chi connectivity index (χ1v) is 4.38. The standard InChI is InChI=1S/C8H17N5/c1-5-6-10-7(9)13(4)8(11-6)12(2)3/h6H,5H2,1-4H3,(H2,9,10). The van der Waals surface area contributed by atoms with Gasteiger partial charge in [0.05, 0.1) is 0 Å². The molecule has 1 aliphatic rings. The minimum atomic E-state index is -0.0198. The second kappa shape index (κ2) is 3.64. The molecule has 0 radical (unpaired) electrons. The lowest BCUT2D eigenvalue weighted by Gasteiger charge is -2.30. The Balaban J connectivity index is 2.88. The van der Waals surface area contributed by atoms with E-state index in [2.05, 4.69) is 9.98 Å². The predicted molar refractivity (Wildman–Crippen MR) is 54.6 cm³/mol. The lowest BCUT2D eigenvalue weighted by Crippen LogP contribution is -2.48. The fraction of sp³-hybridized carbons (Fsp3) is 0.750. The van der Waals surface area contributed by atoms with Crippen LogP contribution >= 0.6 is 0 Å². The van der Waals surface area contributed by atoms with E-state index in [1.165, 1.54) is 0 Å². The highest BCUT2D eigenvalue weighted by atomic mass is 15.4. The number of nitrogens with two attached hydrogens (primary N) is 1. The summed E-state index contributed by atoms with van der Waals surface area (Å²) < 4.78 is 0. The van der Waals surface area contributed by atoms with Crippen molar-refractivity contribution in [3.05, 3.63) is 0 Å². The molecule has 1 rings (SSSR count). The molecule has 0 saturated heterocycles. The van der Waals surface area contributed by atoms with Gasteiger partial charge in [-0.05, 0) is 6.42 Å². The van der Waals surface area contributed by atoms with E-state index in [0.717, 1.165) is 12.4 Å². The molecule has 0 aromatic carbocycles. The monoisotopic (exact) mass is 183 g/mol. The van der Waals surface area contributed by atoms with E-state index in [0.29, 0.717) is 5.96 Å². The minimum Gasteiger partial charge on any atom is -0.369 e. The van der Waals surface area contributed by atoms with Crippen LogP contribution in [0.1, 0.15) is 13.3 Å². The van der Waals surface area contributed by atoms with Crippen LogP contribution in [-0.4, -0.2) is 49.0 Å². The van der Waals surface area contributed by atoms with Crippen molar-refractivity contribution in [2.45, 2.75) is 19.5 Å². The van der Waals surface area contributed by atoms with E-state index in [-0.39, 0.29) is 6.17 Å². The molecule has 1 heterocycles. The topological polar surface area (TPSA) is 57.2 Å². The van der Waals surface area contributed by atoms with Crippen molar-refractivity contribution in [3.8, 4) is 0 Å². The Kier molecular flexibility index (Phi) is 2.75. The van der Waals surface area contributed by atoms with Gasteiger partial charge in [0, 0.05) is 21.1 Å².